The van der Waals surface area contributed by atoms with Crippen LogP contribution in [-0.2, 0) is 9.59 Å². The SMILES string of the molecule is N/C1=C(\C2=CCCCCCC2)CCCCCC1(NC(=O)C(=NO)c1cscn1)C(=O)O. The minimum absolute atomic E-state index is 0.173. The van der Waals surface area contributed by atoms with E-state index in [0.29, 0.717) is 12.8 Å². The standard InChI is InChI=1S/C22H30N4O4S/c23-19-16(15-9-5-2-1-3-6-10-15)11-7-4-8-12-22(19,21(28)29)25-20(27)18(26-30)17-13-31-14-24-17/h9,13-14,30H,1-8,10-12,23H2,(H,25,27)(H,28,29)/b15-9?,19-16-,26-18?. The summed E-state index contributed by atoms with van der Waals surface area (Å²) in [4.78, 5) is 29.6. The number of allylic oxidation sites excluding steroid dienone is 3. The Hall–Kier alpha value is -2.68. The van der Waals surface area contributed by atoms with Gasteiger partial charge in [-0.2, -0.15) is 0 Å². The number of thiazole rings is 1. The number of aromatic nitrogens is 1. The fourth-order valence-corrected chi connectivity index (χ4v) is 4.93. The number of carbonyl (C=O) groups excluding carboxylic acids is 1. The molecule has 0 spiro atoms. The third-order valence-electron chi connectivity index (χ3n) is 6.12. The monoisotopic (exact) mass is 446 g/mol. The number of oxime groups is 1. The molecule has 3 rings (SSSR count). The molecule has 1 atom stereocenters. The molecule has 0 aromatic carbocycles. The minimum Gasteiger partial charge on any atom is -0.479 e. The molecule has 1 aromatic heterocycles. The third kappa shape index (κ3) is 5.15. The Morgan fingerprint density at radius 3 is 2.58 bits per heavy atom. The molecular weight excluding hydrogens is 416 g/mol. The first kappa shape index (κ1) is 23.0. The summed E-state index contributed by atoms with van der Waals surface area (Å²) in [6.07, 6.45) is 11.8. The maximum Gasteiger partial charge on any atom is 0.335 e. The Kier molecular flexibility index (Phi) is 7.84. The Balaban J connectivity index is 2.03. The van der Waals surface area contributed by atoms with Crippen LogP contribution in [0.5, 0.6) is 0 Å². The van der Waals surface area contributed by atoms with Gasteiger partial charge < -0.3 is 21.4 Å². The zero-order valence-corrected chi connectivity index (χ0v) is 18.4. The van der Waals surface area contributed by atoms with E-state index in [0.717, 1.165) is 56.1 Å². The Morgan fingerprint density at radius 2 is 1.87 bits per heavy atom. The average Bonchev–Trinajstić information content (AvgIpc) is 3.23. The molecule has 1 unspecified atom stereocenters. The first-order valence-electron chi connectivity index (χ1n) is 10.8. The summed E-state index contributed by atoms with van der Waals surface area (Å²) < 4.78 is 0. The number of rotatable bonds is 5. The van der Waals surface area contributed by atoms with Crippen LogP contribution in [0.25, 0.3) is 0 Å². The smallest absolute Gasteiger partial charge is 0.335 e. The lowest BCUT2D eigenvalue weighted by molar-refractivity contribution is -0.145. The van der Waals surface area contributed by atoms with Gasteiger partial charge >= 0.3 is 5.97 Å². The summed E-state index contributed by atoms with van der Waals surface area (Å²) in [5.74, 6) is -2.02. The number of carboxylic acids is 1. The molecule has 0 radical (unpaired) electrons. The second-order valence-corrected chi connectivity index (χ2v) is 8.84. The lowest BCUT2D eigenvalue weighted by Gasteiger charge is -2.35. The van der Waals surface area contributed by atoms with E-state index >= 15 is 0 Å². The van der Waals surface area contributed by atoms with Crippen LogP contribution < -0.4 is 11.1 Å². The molecule has 0 saturated carbocycles. The summed E-state index contributed by atoms with van der Waals surface area (Å²) in [5, 5.41) is 26.9. The van der Waals surface area contributed by atoms with E-state index in [9.17, 15) is 19.9 Å². The predicted molar refractivity (Wildman–Crippen MR) is 119 cm³/mol. The highest BCUT2D eigenvalue weighted by atomic mass is 32.1. The van der Waals surface area contributed by atoms with Crippen molar-refractivity contribution < 1.29 is 19.9 Å². The number of hydrogen-bond acceptors (Lipinski definition) is 7. The second-order valence-electron chi connectivity index (χ2n) is 8.12. The summed E-state index contributed by atoms with van der Waals surface area (Å²) in [6.45, 7) is 0. The van der Waals surface area contributed by atoms with Gasteiger partial charge in [0.05, 0.1) is 5.51 Å². The van der Waals surface area contributed by atoms with Crippen LogP contribution in [0.2, 0.25) is 0 Å². The maximum absolute atomic E-state index is 13.0. The van der Waals surface area contributed by atoms with Gasteiger partial charge in [0, 0.05) is 11.1 Å². The number of hydrogen-bond donors (Lipinski definition) is 4. The maximum atomic E-state index is 13.0. The van der Waals surface area contributed by atoms with Crippen molar-refractivity contribution in [3.8, 4) is 0 Å². The van der Waals surface area contributed by atoms with Crippen molar-refractivity contribution in [3.63, 3.8) is 0 Å². The molecule has 2 aliphatic rings. The van der Waals surface area contributed by atoms with Crippen molar-refractivity contribution in [2.75, 3.05) is 0 Å². The van der Waals surface area contributed by atoms with Crippen LogP contribution in [0.3, 0.4) is 0 Å². The summed E-state index contributed by atoms with van der Waals surface area (Å²) in [7, 11) is 0. The van der Waals surface area contributed by atoms with E-state index in [4.69, 9.17) is 5.73 Å². The second kappa shape index (κ2) is 10.6. The first-order chi connectivity index (χ1) is 15.0. The van der Waals surface area contributed by atoms with Gasteiger partial charge in [-0.15, -0.1) is 11.3 Å². The molecule has 2 aliphatic carbocycles. The van der Waals surface area contributed by atoms with Crippen LogP contribution in [0, 0.1) is 0 Å². The topological polar surface area (TPSA) is 138 Å². The van der Waals surface area contributed by atoms with E-state index in [1.165, 1.54) is 23.3 Å². The Bertz CT molecular complexity index is 891. The quantitative estimate of drug-likeness (QED) is 0.309. The van der Waals surface area contributed by atoms with Crippen LogP contribution in [0.1, 0.15) is 76.3 Å². The average molecular weight is 447 g/mol. The Labute approximate surface area is 185 Å². The lowest BCUT2D eigenvalue weighted by Crippen LogP contribution is -2.60. The van der Waals surface area contributed by atoms with E-state index < -0.39 is 17.4 Å². The fourth-order valence-electron chi connectivity index (χ4n) is 4.40. The van der Waals surface area contributed by atoms with Crippen LogP contribution in [-0.4, -0.2) is 38.4 Å². The third-order valence-corrected chi connectivity index (χ3v) is 6.71. The number of nitrogens with one attached hydrogen (secondary N) is 1. The number of aliphatic carboxylic acids is 1. The van der Waals surface area contributed by atoms with Gasteiger partial charge in [-0.3, -0.25) is 4.79 Å². The van der Waals surface area contributed by atoms with Crippen molar-refractivity contribution in [3.05, 3.63) is 39.5 Å². The molecule has 1 aromatic rings. The van der Waals surface area contributed by atoms with Gasteiger partial charge in [-0.25, -0.2) is 9.78 Å². The highest BCUT2D eigenvalue weighted by Gasteiger charge is 2.45. The number of nitrogens with zero attached hydrogens (tertiary/aromatic N) is 2. The van der Waals surface area contributed by atoms with Crippen molar-refractivity contribution in [2.24, 2.45) is 10.9 Å². The molecule has 8 nitrogen and oxygen atoms in total. The molecular formula is C22H30N4O4S. The van der Waals surface area contributed by atoms with Crippen molar-refractivity contribution in [1.82, 2.24) is 10.3 Å². The molecule has 0 fully saturated rings. The lowest BCUT2D eigenvalue weighted by atomic mass is 9.79. The predicted octanol–water partition coefficient (Wildman–Crippen LogP) is 3.72. The van der Waals surface area contributed by atoms with Gasteiger partial charge in [0.2, 0.25) is 0 Å². The zero-order valence-electron chi connectivity index (χ0n) is 17.6. The highest BCUT2D eigenvalue weighted by Crippen LogP contribution is 2.35. The molecule has 0 bridgehead atoms. The fraction of sp³-hybridized carbons (Fsp3) is 0.545. The zero-order chi connectivity index (χ0) is 22.3. The Morgan fingerprint density at radius 1 is 1.13 bits per heavy atom. The van der Waals surface area contributed by atoms with Gasteiger partial charge in [-0.1, -0.05) is 36.9 Å². The molecule has 9 heteroatoms. The minimum atomic E-state index is -1.76. The van der Waals surface area contributed by atoms with Crippen molar-refractivity contribution >= 4 is 28.9 Å². The van der Waals surface area contributed by atoms with Gasteiger partial charge in [0.15, 0.2) is 11.3 Å². The highest BCUT2D eigenvalue weighted by molar-refractivity contribution is 7.07. The van der Waals surface area contributed by atoms with E-state index in [-0.39, 0.29) is 23.5 Å². The molecule has 1 heterocycles. The largest absolute Gasteiger partial charge is 0.479 e. The van der Waals surface area contributed by atoms with Crippen molar-refractivity contribution in [2.45, 2.75) is 76.2 Å². The number of amides is 1. The number of carbonyl (C=O) groups is 2. The molecule has 0 saturated heterocycles. The normalized spacial score (nSPS) is 26.1. The van der Waals surface area contributed by atoms with Crippen LogP contribution >= 0.6 is 11.3 Å². The summed E-state index contributed by atoms with van der Waals surface area (Å²) in [6, 6.07) is 0. The molecule has 1 amide bonds. The molecule has 0 aliphatic heterocycles. The van der Waals surface area contributed by atoms with Crippen LogP contribution in [0.4, 0.5) is 0 Å². The molecule has 5 N–H and O–H groups in total. The van der Waals surface area contributed by atoms with E-state index in [1.54, 1.807) is 5.38 Å². The van der Waals surface area contributed by atoms with Gasteiger partial charge in [-0.05, 0) is 56.1 Å². The van der Waals surface area contributed by atoms with Gasteiger partial charge in [0.25, 0.3) is 5.91 Å². The number of carboxylic acid groups (broad SMARTS) is 1. The van der Waals surface area contributed by atoms with E-state index in [1.807, 2.05) is 0 Å². The van der Waals surface area contributed by atoms with E-state index in [2.05, 4.69) is 21.5 Å². The molecule has 168 valence electrons. The van der Waals surface area contributed by atoms with Crippen molar-refractivity contribution in [1.29, 1.82) is 0 Å². The summed E-state index contributed by atoms with van der Waals surface area (Å²) >= 11 is 1.24. The molecule has 31 heavy (non-hydrogen) atoms. The van der Waals surface area contributed by atoms with Gasteiger partial charge in [0.1, 0.15) is 5.69 Å². The first-order valence-corrected chi connectivity index (χ1v) is 11.8. The van der Waals surface area contributed by atoms with Crippen LogP contribution in [0.15, 0.2) is 39.0 Å². The summed E-state index contributed by atoms with van der Waals surface area (Å²) in [5.41, 5.74) is 8.32. The number of nitrogens with two attached hydrogens (primary N) is 1.